The lowest BCUT2D eigenvalue weighted by Gasteiger charge is -2.18. The largest absolute Gasteiger partial charge is 0.497 e. The lowest BCUT2D eigenvalue weighted by molar-refractivity contribution is -0.116. The van der Waals surface area contributed by atoms with Crippen LogP contribution in [0.5, 0.6) is 5.75 Å². The number of thioether (sulfide) groups is 1. The number of hydrogen-bond donors (Lipinski definition) is 2. The Morgan fingerprint density at radius 2 is 2.00 bits per heavy atom. The third-order valence-corrected chi connectivity index (χ3v) is 4.44. The van der Waals surface area contributed by atoms with Crippen LogP contribution in [-0.2, 0) is 4.79 Å². The van der Waals surface area contributed by atoms with Gasteiger partial charge in [-0.2, -0.15) is 0 Å². The van der Waals surface area contributed by atoms with Crippen molar-refractivity contribution in [2.24, 2.45) is 5.92 Å². The van der Waals surface area contributed by atoms with E-state index in [0.29, 0.717) is 5.16 Å². The predicted octanol–water partition coefficient (Wildman–Crippen LogP) is 2.88. The van der Waals surface area contributed by atoms with Gasteiger partial charge in [-0.3, -0.25) is 9.89 Å². The molecule has 0 aliphatic carbocycles. The summed E-state index contributed by atoms with van der Waals surface area (Å²) in [7, 11) is 1.61. The van der Waals surface area contributed by atoms with Crippen molar-refractivity contribution >= 4 is 23.4 Å². The van der Waals surface area contributed by atoms with E-state index in [1.54, 1.807) is 7.11 Å². The summed E-state index contributed by atoms with van der Waals surface area (Å²) in [6.07, 6.45) is 0. The Morgan fingerprint density at radius 3 is 2.50 bits per heavy atom. The second kappa shape index (κ2) is 7.31. The smallest absolute Gasteiger partial charge is 0.238 e. The standard InChI is InChI=1S/C15H20N4O2S/c1-9(2)13(22-15-16-10(3)18-19-15)14(20)17-11-5-7-12(21-4)8-6-11/h5-9,13H,1-4H3,(H,17,20)(H,16,18,19). The fourth-order valence-electron chi connectivity index (χ4n) is 1.87. The average molecular weight is 320 g/mol. The third-order valence-electron chi connectivity index (χ3n) is 3.03. The van der Waals surface area contributed by atoms with Crippen molar-refractivity contribution in [3.05, 3.63) is 30.1 Å². The molecule has 2 rings (SSSR count). The molecule has 1 atom stereocenters. The molecule has 1 unspecified atom stereocenters. The number of methoxy groups -OCH3 is 1. The summed E-state index contributed by atoms with van der Waals surface area (Å²) in [5.74, 6) is 1.58. The highest BCUT2D eigenvalue weighted by molar-refractivity contribution is 8.00. The van der Waals surface area contributed by atoms with Crippen LogP contribution in [0.3, 0.4) is 0 Å². The van der Waals surface area contributed by atoms with Crippen molar-refractivity contribution in [1.82, 2.24) is 15.2 Å². The molecule has 0 saturated carbocycles. The maximum absolute atomic E-state index is 12.5. The molecule has 0 aliphatic rings. The number of benzene rings is 1. The predicted molar refractivity (Wildman–Crippen MR) is 87.2 cm³/mol. The first-order valence-corrected chi connectivity index (χ1v) is 7.88. The molecule has 0 saturated heterocycles. The Kier molecular flexibility index (Phi) is 5.43. The number of carbonyl (C=O) groups excluding carboxylic acids is 1. The maximum Gasteiger partial charge on any atom is 0.238 e. The van der Waals surface area contributed by atoms with Gasteiger partial charge in [-0.1, -0.05) is 25.6 Å². The average Bonchev–Trinajstić information content (AvgIpc) is 2.90. The van der Waals surface area contributed by atoms with E-state index in [9.17, 15) is 4.79 Å². The first kappa shape index (κ1) is 16.4. The SMILES string of the molecule is COc1ccc(NC(=O)C(Sc2n[nH]c(C)n2)C(C)C)cc1. The van der Waals surface area contributed by atoms with Crippen molar-refractivity contribution in [2.75, 3.05) is 12.4 Å². The summed E-state index contributed by atoms with van der Waals surface area (Å²) >= 11 is 1.36. The molecular formula is C15H20N4O2S. The van der Waals surface area contributed by atoms with E-state index in [4.69, 9.17) is 4.74 Å². The van der Waals surface area contributed by atoms with Gasteiger partial charge in [0.2, 0.25) is 11.1 Å². The van der Waals surface area contributed by atoms with Gasteiger partial charge in [0.05, 0.1) is 12.4 Å². The molecule has 0 aliphatic heterocycles. The van der Waals surface area contributed by atoms with Crippen LogP contribution in [0.4, 0.5) is 5.69 Å². The molecule has 118 valence electrons. The number of carbonyl (C=O) groups is 1. The Bertz CT molecular complexity index is 625. The monoisotopic (exact) mass is 320 g/mol. The van der Waals surface area contributed by atoms with Gasteiger partial charge in [0.1, 0.15) is 11.6 Å². The highest BCUT2D eigenvalue weighted by atomic mass is 32.2. The Hall–Kier alpha value is -2.02. The van der Waals surface area contributed by atoms with Crippen LogP contribution >= 0.6 is 11.8 Å². The molecular weight excluding hydrogens is 300 g/mol. The zero-order chi connectivity index (χ0) is 16.1. The maximum atomic E-state index is 12.5. The lowest BCUT2D eigenvalue weighted by Crippen LogP contribution is -2.29. The fourth-order valence-corrected chi connectivity index (χ4v) is 2.82. The summed E-state index contributed by atoms with van der Waals surface area (Å²) in [6.45, 7) is 5.84. The lowest BCUT2D eigenvalue weighted by atomic mass is 10.1. The zero-order valence-corrected chi connectivity index (χ0v) is 13.9. The van der Waals surface area contributed by atoms with E-state index >= 15 is 0 Å². The number of aromatic nitrogens is 3. The van der Waals surface area contributed by atoms with E-state index in [0.717, 1.165) is 17.3 Å². The Morgan fingerprint density at radius 1 is 1.32 bits per heavy atom. The number of anilines is 1. The normalized spacial score (nSPS) is 12.2. The van der Waals surface area contributed by atoms with E-state index in [-0.39, 0.29) is 17.1 Å². The third kappa shape index (κ3) is 4.24. The topological polar surface area (TPSA) is 79.9 Å². The van der Waals surface area contributed by atoms with Crippen LogP contribution in [-0.4, -0.2) is 33.4 Å². The zero-order valence-electron chi connectivity index (χ0n) is 13.1. The summed E-state index contributed by atoms with van der Waals surface area (Å²) in [6, 6.07) is 7.25. The number of H-pyrrole nitrogens is 1. The highest BCUT2D eigenvalue weighted by Crippen LogP contribution is 2.27. The van der Waals surface area contributed by atoms with Gasteiger partial charge in [-0.05, 0) is 37.1 Å². The summed E-state index contributed by atoms with van der Waals surface area (Å²) < 4.78 is 5.10. The molecule has 7 heteroatoms. The Labute approximate surface area is 134 Å². The van der Waals surface area contributed by atoms with Gasteiger partial charge in [-0.15, -0.1) is 5.10 Å². The van der Waals surface area contributed by atoms with Gasteiger partial charge in [-0.25, -0.2) is 4.98 Å². The Balaban J connectivity index is 2.05. The van der Waals surface area contributed by atoms with Crippen molar-refractivity contribution in [2.45, 2.75) is 31.2 Å². The van der Waals surface area contributed by atoms with E-state index in [1.165, 1.54) is 11.8 Å². The summed E-state index contributed by atoms with van der Waals surface area (Å²) in [5.41, 5.74) is 0.739. The van der Waals surface area contributed by atoms with Crippen LogP contribution in [0.15, 0.2) is 29.4 Å². The molecule has 1 aromatic heterocycles. The first-order chi connectivity index (χ1) is 10.5. The molecule has 2 aromatic rings. The van der Waals surface area contributed by atoms with E-state index in [2.05, 4.69) is 20.5 Å². The molecule has 0 fully saturated rings. The van der Waals surface area contributed by atoms with Gasteiger partial charge >= 0.3 is 0 Å². The van der Waals surface area contributed by atoms with Crippen molar-refractivity contribution in [3.8, 4) is 5.75 Å². The second-order valence-corrected chi connectivity index (χ2v) is 6.31. The van der Waals surface area contributed by atoms with Crippen molar-refractivity contribution < 1.29 is 9.53 Å². The molecule has 6 nitrogen and oxygen atoms in total. The molecule has 0 bridgehead atoms. The molecule has 2 N–H and O–H groups in total. The quantitative estimate of drug-likeness (QED) is 0.800. The minimum atomic E-state index is -0.266. The second-order valence-electron chi connectivity index (χ2n) is 5.20. The number of ether oxygens (including phenoxy) is 1. The van der Waals surface area contributed by atoms with E-state index < -0.39 is 0 Å². The molecule has 1 aromatic carbocycles. The van der Waals surface area contributed by atoms with Gasteiger partial charge in [0.15, 0.2) is 0 Å². The molecule has 0 spiro atoms. The first-order valence-electron chi connectivity index (χ1n) is 7.00. The van der Waals surface area contributed by atoms with Crippen LogP contribution in [0, 0.1) is 12.8 Å². The van der Waals surface area contributed by atoms with Gasteiger partial charge in [0, 0.05) is 5.69 Å². The number of aryl methyl sites for hydroxylation is 1. The van der Waals surface area contributed by atoms with Gasteiger partial charge < -0.3 is 10.1 Å². The number of rotatable bonds is 6. The van der Waals surface area contributed by atoms with Crippen LogP contribution < -0.4 is 10.1 Å². The van der Waals surface area contributed by atoms with Crippen molar-refractivity contribution in [1.29, 1.82) is 0 Å². The van der Waals surface area contributed by atoms with Crippen LogP contribution in [0.1, 0.15) is 19.7 Å². The highest BCUT2D eigenvalue weighted by Gasteiger charge is 2.25. The minimum Gasteiger partial charge on any atom is -0.497 e. The van der Waals surface area contributed by atoms with Gasteiger partial charge in [0.25, 0.3) is 0 Å². The number of hydrogen-bond acceptors (Lipinski definition) is 5. The van der Waals surface area contributed by atoms with Crippen molar-refractivity contribution in [3.63, 3.8) is 0 Å². The van der Waals surface area contributed by atoms with E-state index in [1.807, 2.05) is 45.0 Å². The minimum absolute atomic E-state index is 0.0624. The number of aromatic amines is 1. The van der Waals surface area contributed by atoms with Crippen LogP contribution in [0.2, 0.25) is 0 Å². The van der Waals surface area contributed by atoms with Crippen LogP contribution in [0.25, 0.3) is 0 Å². The molecule has 1 amide bonds. The number of nitrogens with one attached hydrogen (secondary N) is 2. The fraction of sp³-hybridized carbons (Fsp3) is 0.400. The molecule has 0 radical (unpaired) electrons. The number of nitrogens with zero attached hydrogens (tertiary/aromatic N) is 2. The molecule has 22 heavy (non-hydrogen) atoms. The summed E-state index contributed by atoms with van der Waals surface area (Å²) in [4.78, 5) is 16.7. The summed E-state index contributed by atoms with van der Waals surface area (Å²) in [5, 5.41) is 10.1. The molecule has 1 heterocycles. The number of amides is 1.